The maximum absolute atomic E-state index is 14.2. The molecule has 0 aliphatic heterocycles. The average Bonchev–Trinajstić information content (AvgIpc) is 3.19. The summed E-state index contributed by atoms with van der Waals surface area (Å²) in [5, 5.41) is 14.5. The lowest BCUT2D eigenvalue weighted by molar-refractivity contribution is -0.384. The minimum Gasteiger partial charge on any atom is -0.490 e. The summed E-state index contributed by atoms with van der Waals surface area (Å²) in [5.41, 5.74) is 1.53. The Morgan fingerprint density at radius 3 is 2.90 bits per heavy atom. The number of aromatic nitrogens is 5. The van der Waals surface area contributed by atoms with Crippen LogP contribution < -0.4 is 10.1 Å². The van der Waals surface area contributed by atoms with Crippen molar-refractivity contribution in [1.82, 2.24) is 24.5 Å². The lowest BCUT2D eigenvalue weighted by Crippen LogP contribution is -2.14. The van der Waals surface area contributed by atoms with Crippen molar-refractivity contribution in [2.45, 2.75) is 19.9 Å². The highest BCUT2D eigenvalue weighted by Gasteiger charge is 2.23. The molecule has 3 aromatic heterocycles. The van der Waals surface area contributed by atoms with Gasteiger partial charge in [0.15, 0.2) is 11.6 Å². The molecule has 0 radical (unpaired) electrons. The number of ether oxygens (including phenoxy) is 1. The molecule has 11 heteroatoms. The predicted molar refractivity (Wildman–Crippen MR) is 111 cm³/mol. The fourth-order valence-electron chi connectivity index (χ4n) is 3.19. The highest BCUT2D eigenvalue weighted by molar-refractivity contribution is 5.75. The first kappa shape index (κ1) is 20.1. The fourth-order valence-corrected chi connectivity index (χ4v) is 3.19. The second-order valence-corrected chi connectivity index (χ2v) is 6.60. The van der Waals surface area contributed by atoms with E-state index in [4.69, 9.17) is 4.74 Å². The van der Waals surface area contributed by atoms with Gasteiger partial charge >= 0.3 is 5.69 Å². The van der Waals surface area contributed by atoms with Gasteiger partial charge in [-0.3, -0.25) is 19.7 Å². The third-order valence-electron chi connectivity index (χ3n) is 4.62. The molecular formula is C20H18FN7O3. The number of hydrogen-bond donors (Lipinski definition) is 1. The van der Waals surface area contributed by atoms with Crippen LogP contribution in [0.2, 0.25) is 0 Å². The first-order valence-electron chi connectivity index (χ1n) is 9.46. The van der Waals surface area contributed by atoms with E-state index in [9.17, 15) is 14.5 Å². The molecule has 158 valence electrons. The van der Waals surface area contributed by atoms with Crippen LogP contribution in [0, 0.1) is 15.9 Å². The van der Waals surface area contributed by atoms with Gasteiger partial charge < -0.3 is 10.1 Å². The summed E-state index contributed by atoms with van der Waals surface area (Å²) in [6, 6.07) is 5.74. The lowest BCUT2D eigenvalue weighted by Gasteiger charge is -2.19. The quantitative estimate of drug-likeness (QED) is 0.352. The zero-order valence-corrected chi connectivity index (χ0v) is 16.7. The van der Waals surface area contributed by atoms with Gasteiger partial charge in [-0.15, -0.1) is 0 Å². The van der Waals surface area contributed by atoms with Crippen LogP contribution in [-0.2, 0) is 0 Å². The van der Waals surface area contributed by atoms with Gasteiger partial charge in [0.2, 0.25) is 11.8 Å². The van der Waals surface area contributed by atoms with Crippen molar-refractivity contribution in [3.63, 3.8) is 0 Å². The number of benzene rings is 1. The number of rotatable bonds is 7. The minimum atomic E-state index is -0.580. The Balaban J connectivity index is 1.75. The van der Waals surface area contributed by atoms with Crippen molar-refractivity contribution >= 4 is 22.5 Å². The van der Waals surface area contributed by atoms with Crippen molar-refractivity contribution in [2.24, 2.45) is 0 Å². The second-order valence-electron chi connectivity index (χ2n) is 6.60. The molecule has 0 saturated heterocycles. The van der Waals surface area contributed by atoms with E-state index < -0.39 is 16.8 Å². The van der Waals surface area contributed by atoms with Crippen LogP contribution in [-0.4, -0.2) is 36.0 Å². The molecule has 0 spiro atoms. The maximum atomic E-state index is 14.2. The molecule has 0 aliphatic carbocycles. The number of halogens is 1. The van der Waals surface area contributed by atoms with E-state index in [2.05, 4.69) is 25.3 Å². The van der Waals surface area contributed by atoms with E-state index in [1.54, 1.807) is 49.0 Å². The van der Waals surface area contributed by atoms with Crippen LogP contribution in [0.4, 0.5) is 15.9 Å². The average molecular weight is 423 g/mol. The Morgan fingerprint density at radius 2 is 2.13 bits per heavy atom. The Labute approximate surface area is 175 Å². The molecule has 0 bridgehead atoms. The first-order valence-corrected chi connectivity index (χ1v) is 9.46. The standard InChI is InChI=1S/C20H18FN7O3/c1-3-31-18-13(5-4-6-14(18)21)12(2)25-19-17(28(29)30)10-23-20(26-19)27-11-24-15-9-22-8-7-16(15)27/h4-12H,3H2,1-2H3,(H,23,25,26)/t12-/m1/s1. The number of nitro groups is 1. The van der Waals surface area contributed by atoms with Crippen LogP contribution in [0.15, 0.2) is 49.2 Å². The normalized spacial score (nSPS) is 12.0. The number of anilines is 1. The molecule has 0 aliphatic rings. The van der Waals surface area contributed by atoms with E-state index in [0.717, 1.165) is 6.20 Å². The van der Waals surface area contributed by atoms with Crippen LogP contribution in [0.25, 0.3) is 17.0 Å². The van der Waals surface area contributed by atoms with Crippen LogP contribution in [0.3, 0.4) is 0 Å². The molecule has 10 nitrogen and oxygen atoms in total. The maximum Gasteiger partial charge on any atom is 0.329 e. The molecule has 0 amide bonds. The van der Waals surface area contributed by atoms with Crippen molar-refractivity contribution in [3.05, 3.63) is 70.7 Å². The summed E-state index contributed by atoms with van der Waals surface area (Å²) < 4.78 is 21.3. The number of pyridine rings is 1. The Kier molecular flexibility index (Phi) is 5.39. The van der Waals surface area contributed by atoms with Crippen LogP contribution >= 0.6 is 0 Å². The van der Waals surface area contributed by atoms with E-state index in [1.807, 2.05) is 0 Å². The third kappa shape index (κ3) is 3.84. The molecule has 3 heterocycles. The Morgan fingerprint density at radius 1 is 1.29 bits per heavy atom. The van der Waals surface area contributed by atoms with Gasteiger partial charge in [0, 0.05) is 11.8 Å². The van der Waals surface area contributed by atoms with Gasteiger partial charge in [-0.05, 0) is 26.0 Å². The summed E-state index contributed by atoms with van der Waals surface area (Å²) in [4.78, 5) is 27.7. The SMILES string of the molecule is CCOc1c(F)cccc1[C@@H](C)Nc1nc(-n2cnc3cnccc32)ncc1[N+](=O)[O-]. The number of imidazole rings is 1. The zero-order chi connectivity index (χ0) is 22.0. The molecular weight excluding hydrogens is 405 g/mol. The van der Waals surface area contributed by atoms with Crippen molar-refractivity contribution in [2.75, 3.05) is 11.9 Å². The number of para-hydroxylation sites is 1. The largest absolute Gasteiger partial charge is 0.490 e. The molecule has 1 N–H and O–H groups in total. The van der Waals surface area contributed by atoms with Gasteiger partial charge in [-0.25, -0.2) is 14.4 Å². The highest BCUT2D eigenvalue weighted by atomic mass is 19.1. The molecule has 31 heavy (non-hydrogen) atoms. The minimum absolute atomic E-state index is 0.00915. The molecule has 4 aromatic rings. The number of fused-ring (bicyclic) bond motifs is 1. The summed E-state index contributed by atoms with van der Waals surface area (Å²) in [7, 11) is 0. The topological polar surface area (TPSA) is 121 Å². The molecule has 0 saturated carbocycles. The highest BCUT2D eigenvalue weighted by Crippen LogP contribution is 2.32. The van der Waals surface area contributed by atoms with Crippen LogP contribution in [0.1, 0.15) is 25.5 Å². The van der Waals surface area contributed by atoms with Crippen molar-refractivity contribution in [3.8, 4) is 11.7 Å². The second kappa shape index (κ2) is 8.30. The van der Waals surface area contributed by atoms with Gasteiger partial charge in [0.05, 0.1) is 29.3 Å². The summed E-state index contributed by atoms with van der Waals surface area (Å²) in [6.45, 7) is 3.77. The fraction of sp³-hybridized carbons (Fsp3) is 0.200. The Hall–Kier alpha value is -4.15. The zero-order valence-electron chi connectivity index (χ0n) is 16.7. The van der Waals surface area contributed by atoms with E-state index in [1.165, 1.54) is 12.4 Å². The summed E-state index contributed by atoms with van der Waals surface area (Å²) >= 11 is 0. The van der Waals surface area contributed by atoms with Crippen LogP contribution in [0.5, 0.6) is 5.75 Å². The van der Waals surface area contributed by atoms with Gasteiger partial charge in [0.25, 0.3) is 0 Å². The molecule has 4 rings (SSSR count). The monoisotopic (exact) mass is 423 g/mol. The van der Waals surface area contributed by atoms with Gasteiger partial charge in [0.1, 0.15) is 18.0 Å². The molecule has 1 aromatic carbocycles. The first-order chi connectivity index (χ1) is 15.0. The van der Waals surface area contributed by atoms with Gasteiger partial charge in [-0.1, -0.05) is 12.1 Å². The van der Waals surface area contributed by atoms with E-state index in [0.29, 0.717) is 16.6 Å². The third-order valence-corrected chi connectivity index (χ3v) is 4.62. The molecule has 1 atom stereocenters. The Bertz CT molecular complexity index is 1260. The smallest absolute Gasteiger partial charge is 0.329 e. The van der Waals surface area contributed by atoms with E-state index >= 15 is 0 Å². The summed E-state index contributed by atoms with van der Waals surface area (Å²) in [6.07, 6.45) is 5.84. The molecule has 0 unspecified atom stereocenters. The van der Waals surface area contributed by atoms with Crippen molar-refractivity contribution in [1.29, 1.82) is 0 Å². The lowest BCUT2D eigenvalue weighted by atomic mass is 10.1. The number of nitrogens with one attached hydrogen (secondary N) is 1. The molecule has 0 fully saturated rings. The van der Waals surface area contributed by atoms with Crippen molar-refractivity contribution < 1.29 is 14.1 Å². The number of nitrogens with zero attached hydrogens (tertiary/aromatic N) is 6. The predicted octanol–water partition coefficient (Wildman–Crippen LogP) is 3.83. The van der Waals surface area contributed by atoms with Gasteiger partial charge in [-0.2, -0.15) is 4.98 Å². The van der Waals surface area contributed by atoms with E-state index in [-0.39, 0.29) is 29.8 Å². The number of hydrogen-bond acceptors (Lipinski definition) is 8. The summed E-state index contributed by atoms with van der Waals surface area (Å²) in [5.74, 6) is -0.234.